The molecule has 0 aliphatic heterocycles. The number of rotatable bonds is 4. The zero-order chi connectivity index (χ0) is 25.6. The molecular weight excluding hydrogens is 479 g/mol. The van der Waals surface area contributed by atoms with Crippen molar-refractivity contribution in [3.63, 3.8) is 0 Å². The van der Waals surface area contributed by atoms with Crippen LogP contribution in [0, 0.1) is 53.0 Å². The predicted octanol–water partition coefficient (Wildman–Crippen LogP) is 5.45. The smallest absolute Gasteiger partial charge is 0.257 e. The van der Waals surface area contributed by atoms with Crippen LogP contribution in [-0.2, 0) is 0 Å². The van der Waals surface area contributed by atoms with Crippen LogP contribution in [0.5, 0.6) is 0 Å². The zero-order valence-electron chi connectivity index (χ0n) is 18.9. The van der Waals surface area contributed by atoms with Crippen LogP contribution in [-0.4, -0.2) is 32.6 Å². The van der Waals surface area contributed by atoms with E-state index in [0.717, 1.165) is 29.5 Å². The van der Waals surface area contributed by atoms with Crippen molar-refractivity contribution in [2.45, 2.75) is 32.6 Å². The highest BCUT2D eigenvalue weighted by molar-refractivity contribution is 5.94. The van der Waals surface area contributed by atoms with Gasteiger partial charge in [-0.2, -0.15) is 10.2 Å². The highest BCUT2D eigenvalue weighted by Gasteiger charge is 2.35. The second-order valence-electron chi connectivity index (χ2n) is 8.57. The van der Waals surface area contributed by atoms with Crippen LogP contribution in [0.15, 0.2) is 30.3 Å². The number of aryl methyl sites for hydroxylation is 1. The lowest BCUT2D eigenvalue weighted by Crippen LogP contribution is -2.26. The van der Waals surface area contributed by atoms with E-state index in [0.29, 0.717) is 18.7 Å². The molecule has 0 unspecified atom stereocenters. The summed E-state index contributed by atoms with van der Waals surface area (Å²) in [4.78, 5) is 5.11. The van der Waals surface area contributed by atoms with Gasteiger partial charge in [0.2, 0.25) is 0 Å². The van der Waals surface area contributed by atoms with Crippen LogP contribution in [0.2, 0.25) is 0 Å². The number of alkyl halides is 2. The van der Waals surface area contributed by atoms with E-state index in [-0.39, 0.29) is 33.7 Å². The number of aromatic nitrogens is 4. The number of benzene rings is 2. The average molecular weight is 496 g/mol. The van der Waals surface area contributed by atoms with Crippen molar-refractivity contribution in [2.75, 3.05) is 11.4 Å². The summed E-state index contributed by atoms with van der Waals surface area (Å²) in [5.74, 6) is 2.24. The van der Waals surface area contributed by atoms with E-state index in [1.54, 1.807) is 6.92 Å². The van der Waals surface area contributed by atoms with Crippen LogP contribution in [0.1, 0.15) is 30.7 Å². The third kappa shape index (κ3) is 3.97. The summed E-state index contributed by atoms with van der Waals surface area (Å²) in [6, 6.07) is 7.75. The molecule has 0 N–H and O–H groups in total. The van der Waals surface area contributed by atoms with Crippen molar-refractivity contribution in [1.82, 2.24) is 19.6 Å². The molecule has 2 heterocycles. The summed E-state index contributed by atoms with van der Waals surface area (Å²) in [5.41, 5.74) is -0.670. The van der Waals surface area contributed by atoms with Gasteiger partial charge in [0.1, 0.15) is 22.9 Å². The van der Waals surface area contributed by atoms with Gasteiger partial charge in [0, 0.05) is 11.3 Å². The predicted molar refractivity (Wildman–Crippen MR) is 121 cm³/mol. The summed E-state index contributed by atoms with van der Waals surface area (Å²) < 4.78 is 72.9. The molecule has 5 rings (SSSR count). The third-order valence-electron chi connectivity index (χ3n) is 6.19. The first-order valence-electron chi connectivity index (χ1n) is 11.0. The third-order valence-corrected chi connectivity index (χ3v) is 6.19. The van der Waals surface area contributed by atoms with Crippen molar-refractivity contribution in [1.29, 1.82) is 5.26 Å². The quantitative estimate of drug-likeness (QED) is 0.278. The summed E-state index contributed by atoms with van der Waals surface area (Å²) >= 11 is 0. The Kier molecular flexibility index (Phi) is 5.71. The van der Waals surface area contributed by atoms with Crippen molar-refractivity contribution < 1.29 is 22.0 Å². The normalized spacial score (nSPS) is 14.4. The second kappa shape index (κ2) is 8.76. The van der Waals surface area contributed by atoms with Crippen LogP contribution >= 0.6 is 0 Å². The maximum atomic E-state index is 15.1. The first-order valence-corrected chi connectivity index (χ1v) is 11.0. The number of hydrogen-bond donors (Lipinski definition) is 0. The molecule has 36 heavy (non-hydrogen) atoms. The minimum Gasteiger partial charge on any atom is -0.320 e. The Bertz CT molecular complexity index is 1610. The zero-order valence-corrected chi connectivity index (χ0v) is 18.9. The van der Waals surface area contributed by atoms with E-state index in [1.165, 1.54) is 16.5 Å². The first-order chi connectivity index (χ1) is 17.2. The molecule has 11 heteroatoms. The Hall–Kier alpha value is -4.25. The van der Waals surface area contributed by atoms with E-state index < -0.39 is 35.8 Å². The van der Waals surface area contributed by atoms with E-state index in [1.807, 2.05) is 0 Å². The van der Waals surface area contributed by atoms with Gasteiger partial charge in [-0.25, -0.2) is 22.0 Å². The molecule has 0 atom stereocenters. The molecule has 1 aliphatic carbocycles. The molecule has 1 saturated carbocycles. The largest absolute Gasteiger partial charge is 0.320 e. The molecule has 0 amide bonds. The standard InChI is InChI=1S/C25H17F5N6/c1-14-33-34-24-32-23(21-19(36(14)24)4-3-18(27)22(21)30)35(12-20(28)29)17-10-15(9-16(26)11-17)5-8-25(13-31)6-2-7-25/h3-4,9-11,20H,2,6-7,12H2,1H3. The molecule has 1 fully saturated rings. The van der Waals surface area contributed by atoms with Gasteiger partial charge >= 0.3 is 0 Å². The highest BCUT2D eigenvalue weighted by atomic mass is 19.3. The SMILES string of the molecule is Cc1nnc2nc(N(CC(F)F)c3cc(F)cc(C#CC4(C#N)CCC4)c3)c3c(F)c(F)ccc3n12. The highest BCUT2D eigenvalue weighted by Crippen LogP contribution is 2.40. The molecule has 0 bridgehead atoms. The summed E-state index contributed by atoms with van der Waals surface area (Å²) in [7, 11) is 0. The minimum atomic E-state index is -2.94. The van der Waals surface area contributed by atoms with Crippen molar-refractivity contribution in [2.24, 2.45) is 5.41 Å². The monoisotopic (exact) mass is 496 g/mol. The molecule has 1 aliphatic rings. The topological polar surface area (TPSA) is 70.1 Å². The number of nitriles is 1. The van der Waals surface area contributed by atoms with Crippen molar-refractivity contribution in [3.05, 3.63) is 59.2 Å². The van der Waals surface area contributed by atoms with Gasteiger partial charge in [0.25, 0.3) is 12.2 Å². The van der Waals surface area contributed by atoms with Gasteiger partial charge in [-0.1, -0.05) is 11.8 Å². The molecule has 2 aromatic heterocycles. The maximum Gasteiger partial charge on any atom is 0.257 e. The minimum absolute atomic E-state index is 0.0300. The van der Waals surface area contributed by atoms with Crippen LogP contribution in [0.4, 0.5) is 33.5 Å². The van der Waals surface area contributed by atoms with E-state index in [4.69, 9.17) is 0 Å². The Labute approximate surface area is 202 Å². The molecule has 6 nitrogen and oxygen atoms in total. The first kappa shape index (κ1) is 23.5. The van der Waals surface area contributed by atoms with Crippen molar-refractivity contribution in [3.8, 4) is 17.9 Å². The fourth-order valence-electron chi connectivity index (χ4n) is 4.23. The van der Waals surface area contributed by atoms with Crippen LogP contribution < -0.4 is 4.90 Å². The second-order valence-corrected chi connectivity index (χ2v) is 8.57. The van der Waals surface area contributed by atoms with Crippen molar-refractivity contribution >= 4 is 28.2 Å². The summed E-state index contributed by atoms with van der Waals surface area (Å²) in [6.07, 6.45) is -0.905. The number of hydrogen-bond acceptors (Lipinski definition) is 5. The molecular formula is C25H17F5N6. The Morgan fingerprint density at radius 2 is 1.92 bits per heavy atom. The Balaban J connectivity index is 1.73. The van der Waals surface area contributed by atoms with E-state index >= 15 is 4.39 Å². The van der Waals surface area contributed by atoms with Gasteiger partial charge in [0.15, 0.2) is 11.6 Å². The fourth-order valence-corrected chi connectivity index (χ4v) is 4.23. The molecule has 2 aromatic carbocycles. The molecule has 0 saturated heterocycles. The lowest BCUT2D eigenvalue weighted by molar-refractivity contribution is 0.158. The van der Waals surface area contributed by atoms with Gasteiger partial charge in [-0.15, -0.1) is 10.2 Å². The van der Waals surface area contributed by atoms with Gasteiger partial charge in [-0.05, 0) is 56.5 Å². The van der Waals surface area contributed by atoms with E-state index in [9.17, 15) is 22.8 Å². The Morgan fingerprint density at radius 1 is 1.14 bits per heavy atom. The summed E-state index contributed by atoms with van der Waals surface area (Å²) in [5, 5.41) is 16.8. The number of fused-ring (bicyclic) bond motifs is 3. The lowest BCUT2D eigenvalue weighted by Gasteiger charge is -2.29. The summed E-state index contributed by atoms with van der Waals surface area (Å²) in [6.45, 7) is 0.576. The molecule has 0 spiro atoms. The van der Waals surface area contributed by atoms with Crippen LogP contribution in [0.25, 0.3) is 16.7 Å². The molecule has 182 valence electrons. The van der Waals surface area contributed by atoms with Gasteiger partial charge in [0.05, 0.1) is 23.5 Å². The Morgan fingerprint density at radius 3 is 2.58 bits per heavy atom. The average Bonchev–Trinajstić information content (AvgIpc) is 3.19. The number of anilines is 2. The molecule has 0 radical (unpaired) electrons. The van der Waals surface area contributed by atoms with Gasteiger partial charge < -0.3 is 4.90 Å². The van der Waals surface area contributed by atoms with Gasteiger partial charge in [-0.3, -0.25) is 4.40 Å². The maximum absolute atomic E-state index is 15.1. The number of halogens is 5. The fraction of sp³-hybridized carbons (Fsp3) is 0.280. The lowest BCUT2D eigenvalue weighted by atomic mass is 9.70. The van der Waals surface area contributed by atoms with E-state index in [2.05, 4.69) is 33.1 Å². The molecule has 4 aromatic rings. The number of nitrogens with zero attached hydrogens (tertiary/aromatic N) is 6. The van der Waals surface area contributed by atoms with Crippen LogP contribution in [0.3, 0.4) is 0 Å².